The molecule has 2 aromatic rings. The highest BCUT2D eigenvalue weighted by Crippen LogP contribution is 2.26. The molecule has 1 aromatic carbocycles. The Hall–Kier alpha value is -1.39. The zero-order valence-corrected chi connectivity index (χ0v) is 11.5. The second-order valence-electron chi connectivity index (χ2n) is 4.02. The molecule has 0 fully saturated rings. The molecule has 0 spiro atoms. The van der Waals surface area contributed by atoms with Crippen molar-refractivity contribution < 1.29 is 0 Å². The first-order valence-corrected chi connectivity index (χ1v) is 6.86. The zero-order chi connectivity index (χ0) is 12.8. The van der Waals surface area contributed by atoms with Gasteiger partial charge in [0.25, 0.3) is 0 Å². The standard InChI is InChI=1S/C14H17N3S/c1-3-15-8-12-9-16-14(17-10-12)18-13-7-5-4-6-11(13)2/h4-7,9-10,15H,3,8H2,1-2H3. The molecular formula is C14H17N3S. The van der Waals surface area contributed by atoms with Crippen LogP contribution in [0.25, 0.3) is 0 Å². The van der Waals surface area contributed by atoms with E-state index in [0.29, 0.717) is 0 Å². The first-order chi connectivity index (χ1) is 8.79. The van der Waals surface area contributed by atoms with Crippen molar-refractivity contribution in [2.75, 3.05) is 6.54 Å². The number of aryl methyl sites for hydroxylation is 1. The van der Waals surface area contributed by atoms with Crippen LogP contribution >= 0.6 is 11.8 Å². The van der Waals surface area contributed by atoms with Crippen LogP contribution in [-0.2, 0) is 6.54 Å². The second-order valence-corrected chi connectivity index (χ2v) is 5.03. The largest absolute Gasteiger partial charge is 0.313 e. The summed E-state index contributed by atoms with van der Waals surface area (Å²) in [6, 6.07) is 8.27. The monoisotopic (exact) mass is 259 g/mol. The van der Waals surface area contributed by atoms with Crippen molar-refractivity contribution in [1.82, 2.24) is 15.3 Å². The molecule has 0 amide bonds. The molecule has 1 aromatic heterocycles. The summed E-state index contributed by atoms with van der Waals surface area (Å²) in [5.74, 6) is 0. The summed E-state index contributed by atoms with van der Waals surface area (Å²) < 4.78 is 0. The molecule has 2 rings (SSSR count). The average molecular weight is 259 g/mol. The van der Waals surface area contributed by atoms with Crippen molar-refractivity contribution in [3.05, 3.63) is 47.8 Å². The first kappa shape index (κ1) is 13.1. The van der Waals surface area contributed by atoms with E-state index in [1.165, 1.54) is 10.5 Å². The maximum absolute atomic E-state index is 4.38. The third kappa shape index (κ3) is 3.55. The molecule has 94 valence electrons. The Morgan fingerprint density at radius 3 is 2.56 bits per heavy atom. The predicted octanol–water partition coefficient (Wildman–Crippen LogP) is 3.05. The van der Waals surface area contributed by atoms with E-state index in [9.17, 15) is 0 Å². The summed E-state index contributed by atoms with van der Waals surface area (Å²) in [7, 11) is 0. The lowest BCUT2D eigenvalue weighted by Crippen LogP contribution is -2.12. The van der Waals surface area contributed by atoms with Gasteiger partial charge in [-0.05, 0) is 36.9 Å². The Kier molecular flexibility index (Phi) is 4.73. The fourth-order valence-corrected chi connectivity index (χ4v) is 2.31. The van der Waals surface area contributed by atoms with E-state index in [-0.39, 0.29) is 0 Å². The lowest BCUT2D eigenvalue weighted by Gasteiger charge is -2.05. The SMILES string of the molecule is CCNCc1cnc(Sc2ccccc2C)nc1. The van der Waals surface area contributed by atoms with Gasteiger partial charge in [-0.25, -0.2) is 9.97 Å². The molecule has 1 heterocycles. The predicted molar refractivity (Wildman–Crippen MR) is 74.7 cm³/mol. The highest BCUT2D eigenvalue weighted by molar-refractivity contribution is 7.99. The van der Waals surface area contributed by atoms with Gasteiger partial charge in [-0.1, -0.05) is 25.1 Å². The van der Waals surface area contributed by atoms with Crippen LogP contribution in [0.3, 0.4) is 0 Å². The number of nitrogens with one attached hydrogen (secondary N) is 1. The fraction of sp³-hybridized carbons (Fsp3) is 0.286. The maximum Gasteiger partial charge on any atom is 0.192 e. The molecule has 1 N–H and O–H groups in total. The van der Waals surface area contributed by atoms with Gasteiger partial charge in [0.2, 0.25) is 0 Å². The minimum atomic E-state index is 0.796. The minimum Gasteiger partial charge on any atom is -0.313 e. The summed E-state index contributed by atoms with van der Waals surface area (Å²) in [6.45, 7) is 5.97. The van der Waals surface area contributed by atoms with Gasteiger partial charge in [0.05, 0.1) is 0 Å². The molecule has 0 saturated heterocycles. The van der Waals surface area contributed by atoms with Crippen LogP contribution < -0.4 is 5.32 Å². The molecule has 0 aliphatic rings. The molecule has 3 nitrogen and oxygen atoms in total. The van der Waals surface area contributed by atoms with Crippen LogP contribution in [-0.4, -0.2) is 16.5 Å². The number of hydrogen-bond donors (Lipinski definition) is 1. The minimum absolute atomic E-state index is 0.796. The lowest BCUT2D eigenvalue weighted by molar-refractivity contribution is 0.716. The van der Waals surface area contributed by atoms with Crippen LogP contribution in [0.5, 0.6) is 0 Å². The molecule has 0 saturated carbocycles. The summed E-state index contributed by atoms with van der Waals surface area (Å²) in [5, 5.41) is 4.05. The zero-order valence-electron chi connectivity index (χ0n) is 10.7. The molecular weight excluding hydrogens is 242 g/mol. The molecule has 0 radical (unpaired) electrons. The van der Waals surface area contributed by atoms with Gasteiger partial charge in [-0.3, -0.25) is 0 Å². The smallest absolute Gasteiger partial charge is 0.192 e. The lowest BCUT2D eigenvalue weighted by atomic mass is 10.2. The van der Waals surface area contributed by atoms with Gasteiger partial charge in [0, 0.05) is 29.4 Å². The summed E-state index contributed by atoms with van der Waals surface area (Å²) in [6.07, 6.45) is 3.77. The quantitative estimate of drug-likeness (QED) is 0.838. The van der Waals surface area contributed by atoms with E-state index in [1.807, 2.05) is 24.5 Å². The molecule has 0 unspecified atom stereocenters. The fourth-order valence-electron chi connectivity index (χ4n) is 1.53. The van der Waals surface area contributed by atoms with Gasteiger partial charge in [-0.15, -0.1) is 0 Å². The number of benzene rings is 1. The van der Waals surface area contributed by atoms with Crippen LogP contribution in [0.1, 0.15) is 18.1 Å². The Labute approximate surface area is 112 Å². The van der Waals surface area contributed by atoms with E-state index >= 15 is 0 Å². The number of rotatable bonds is 5. The molecule has 18 heavy (non-hydrogen) atoms. The maximum atomic E-state index is 4.38. The van der Waals surface area contributed by atoms with Gasteiger partial charge in [0.1, 0.15) is 0 Å². The second kappa shape index (κ2) is 6.52. The number of nitrogens with zero attached hydrogens (tertiary/aromatic N) is 2. The van der Waals surface area contributed by atoms with Crippen molar-refractivity contribution in [3.63, 3.8) is 0 Å². The van der Waals surface area contributed by atoms with Crippen molar-refractivity contribution in [2.45, 2.75) is 30.4 Å². The van der Waals surface area contributed by atoms with E-state index in [1.54, 1.807) is 11.8 Å². The molecule has 0 aliphatic carbocycles. The van der Waals surface area contributed by atoms with Crippen molar-refractivity contribution in [3.8, 4) is 0 Å². The highest BCUT2D eigenvalue weighted by Gasteiger charge is 2.03. The topological polar surface area (TPSA) is 37.8 Å². The summed E-state index contributed by atoms with van der Waals surface area (Å²) in [4.78, 5) is 9.97. The van der Waals surface area contributed by atoms with Crippen molar-refractivity contribution >= 4 is 11.8 Å². The van der Waals surface area contributed by atoms with Crippen LogP contribution in [0, 0.1) is 6.92 Å². The normalized spacial score (nSPS) is 10.6. The van der Waals surface area contributed by atoms with Crippen LogP contribution in [0.15, 0.2) is 46.7 Å². The Balaban J connectivity index is 2.04. The summed E-state index contributed by atoms with van der Waals surface area (Å²) >= 11 is 1.60. The van der Waals surface area contributed by atoms with Gasteiger partial charge in [0.15, 0.2) is 5.16 Å². The van der Waals surface area contributed by atoms with E-state index < -0.39 is 0 Å². The molecule has 0 bridgehead atoms. The third-order valence-electron chi connectivity index (χ3n) is 2.56. The van der Waals surface area contributed by atoms with Gasteiger partial charge >= 0.3 is 0 Å². The Morgan fingerprint density at radius 1 is 1.17 bits per heavy atom. The number of aromatic nitrogens is 2. The summed E-state index contributed by atoms with van der Waals surface area (Å²) in [5.41, 5.74) is 2.37. The third-order valence-corrected chi connectivity index (χ3v) is 3.63. The first-order valence-electron chi connectivity index (χ1n) is 6.04. The Bertz CT molecular complexity index is 497. The molecule has 4 heteroatoms. The van der Waals surface area contributed by atoms with Crippen LogP contribution in [0.4, 0.5) is 0 Å². The Morgan fingerprint density at radius 2 is 1.89 bits per heavy atom. The number of hydrogen-bond acceptors (Lipinski definition) is 4. The van der Waals surface area contributed by atoms with E-state index in [4.69, 9.17) is 0 Å². The highest BCUT2D eigenvalue weighted by atomic mass is 32.2. The van der Waals surface area contributed by atoms with Gasteiger partial charge < -0.3 is 5.32 Å². The molecule has 0 atom stereocenters. The van der Waals surface area contributed by atoms with Crippen LogP contribution in [0.2, 0.25) is 0 Å². The van der Waals surface area contributed by atoms with E-state index in [0.717, 1.165) is 23.8 Å². The molecule has 0 aliphatic heterocycles. The van der Waals surface area contributed by atoms with Gasteiger partial charge in [-0.2, -0.15) is 0 Å². The van der Waals surface area contributed by atoms with E-state index in [2.05, 4.69) is 41.3 Å². The van der Waals surface area contributed by atoms with Crippen molar-refractivity contribution in [1.29, 1.82) is 0 Å². The average Bonchev–Trinajstić information content (AvgIpc) is 2.41. The van der Waals surface area contributed by atoms with Crippen molar-refractivity contribution in [2.24, 2.45) is 0 Å².